The molecule has 2 heterocycles. The number of amides is 1. The highest BCUT2D eigenvalue weighted by Crippen LogP contribution is 2.15. The van der Waals surface area contributed by atoms with E-state index >= 15 is 0 Å². The van der Waals surface area contributed by atoms with Crippen LogP contribution in [-0.2, 0) is 4.79 Å². The van der Waals surface area contributed by atoms with Crippen LogP contribution in [0.25, 0.3) is 0 Å². The molecule has 0 bridgehead atoms. The molecule has 18 heavy (non-hydrogen) atoms. The molecule has 2 saturated heterocycles. The molecule has 2 aliphatic rings. The molecule has 0 spiro atoms. The van der Waals surface area contributed by atoms with Crippen LogP contribution in [-0.4, -0.2) is 73.0 Å². The summed E-state index contributed by atoms with van der Waals surface area (Å²) in [5.41, 5.74) is 0. The summed E-state index contributed by atoms with van der Waals surface area (Å²) in [6.07, 6.45) is 2.57. The topological polar surface area (TPSA) is 26.8 Å². The molecule has 0 N–H and O–H groups in total. The van der Waals surface area contributed by atoms with Crippen molar-refractivity contribution in [1.82, 2.24) is 14.7 Å². The van der Waals surface area contributed by atoms with E-state index in [-0.39, 0.29) is 0 Å². The summed E-state index contributed by atoms with van der Waals surface area (Å²) < 4.78 is 0. The van der Waals surface area contributed by atoms with E-state index in [0.717, 1.165) is 51.7 Å². The van der Waals surface area contributed by atoms with Crippen LogP contribution in [0.3, 0.4) is 0 Å². The lowest BCUT2D eigenvalue weighted by atomic mass is 10.0. The Morgan fingerprint density at radius 2 is 1.83 bits per heavy atom. The third-order valence-corrected chi connectivity index (χ3v) is 4.27. The van der Waals surface area contributed by atoms with Gasteiger partial charge in [-0.25, -0.2) is 0 Å². The zero-order valence-electron chi connectivity index (χ0n) is 11.9. The Morgan fingerprint density at radius 3 is 2.44 bits per heavy atom. The zero-order chi connectivity index (χ0) is 13.0. The lowest BCUT2D eigenvalue weighted by Crippen LogP contribution is -2.51. The average molecular weight is 253 g/mol. The van der Waals surface area contributed by atoms with Gasteiger partial charge in [-0.2, -0.15) is 0 Å². The Morgan fingerprint density at radius 1 is 1.11 bits per heavy atom. The van der Waals surface area contributed by atoms with E-state index in [4.69, 9.17) is 0 Å². The summed E-state index contributed by atoms with van der Waals surface area (Å²) in [7, 11) is 0. The van der Waals surface area contributed by atoms with Gasteiger partial charge >= 0.3 is 0 Å². The Kier molecular flexibility index (Phi) is 5.01. The fraction of sp³-hybridized carbons (Fsp3) is 0.929. The molecule has 2 rings (SSSR count). The van der Waals surface area contributed by atoms with Gasteiger partial charge in [-0.05, 0) is 31.8 Å². The number of hydrogen-bond acceptors (Lipinski definition) is 3. The number of rotatable bonds is 3. The second-order valence-corrected chi connectivity index (χ2v) is 5.80. The third kappa shape index (κ3) is 3.69. The lowest BCUT2D eigenvalue weighted by molar-refractivity contribution is -0.134. The zero-order valence-corrected chi connectivity index (χ0v) is 11.9. The van der Waals surface area contributed by atoms with Crippen molar-refractivity contribution in [2.45, 2.75) is 26.7 Å². The summed E-state index contributed by atoms with van der Waals surface area (Å²) in [5.74, 6) is 1.09. The molecule has 4 heteroatoms. The van der Waals surface area contributed by atoms with E-state index in [9.17, 15) is 4.79 Å². The number of likely N-dealkylation sites (tertiary alicyclic amines) is 1. The third-order valence-electron chi connectivity index (χ3n) is 4.27. The summed E-state index contributed by atoms with van der Waals surface area (Å²) >= 11 is 0. The number of likely N-dealkylation sites (N-methyl/N-ethyl adjacent to an activating group) is 1. The Hall–Kier alpha value is -0.610. The first-order valence-corrected chi connectivity index (χ1v) is 7.41. The van der Waals surface area contributed by atoms with Crippen LogP contribution in [0.1, 0.15) is 26.7 Å². The summed E-state index contributed by atoms with van der Waals surface area (Å²) in [5, 5.41) is 0. The minimum absolute atomic E-state index is 0.333. The van der Waals surface area contributed by atoms with Crippen LogP contribution in [0.4, 0.5) is 0 Å². The molecular weight excluding hydrogens is 226 g/mol. The largest absolute Gasteiger partial charge is 0.339 e. The Labute approximate surface area is 111 Å². The van der Waals surface area contributed by atoms with Gasteiger partial charge in [0.2, 0.25) is 5.91 Å². The first-order chi connectivity index (χ1) is 8.69. The van der Waals surface area contributed by atoms with Crippen molar-refractivity contribution >= 4 is 5.91 Å². The van der Waals surface area contributed by atoms with Crippen molar-refractivity contribution in [3.8, 4) is 0 Å². The molecule has 0 aromatic carbocycles. The van der Waals surface area contributed by atoms with Crippen molar-refractivity contribution < 1.29 is 4.79 Å². The molecule has 1 atom stereocenters. The average Bonchev–Trinajstić information content (AvgIpc) is 2.39. The van der Waals surface area contributed by atoms with Gasteiger partial charge in [-0.1, -0.05) is 13.8 Å². The van der Waals surface area contributed by atoms with Crippen LogP contribution in [0.2, 0.25) is 0 Å². The normalized spacial score (nSPS) is 27.4. The number of nitrogens with zero attached hydrogens (tertiary/aromatic N) is 3. The predicted molar refractivity (Wildman–Crippen MR) is 73.5 cm³/mol. The molecule has 104 valence electrons. The SMILES string of the molecule is CCN1CCN(C(=O)CN2CCCC(C)C2)CC1. The first-order valence-electron chi connectivity index (χ1n) is 7.41. The van der Waals surface area contributed by atoms with Crippen LogP contribution in [0.5, 0.6) is 0 Å². The van der Waals surface area contributed by atoms with Gasteiger partial charge in [0.15, 0.2) is 0 Å². The van der Waals surface area contributed by atoms with E-state index in [1.54, 1.807) is 0 Å². The van der Waals surface area contributed by atoms with E-state index < -0.39 is 0 Å². The summed E-state index contributed by atoms with van der Waals surface area (Å²) in [6, 6.07) is 0. The molecule has 0 aromatic heterocycles. The van der Waals surface area contributed by atoms with E-state index in [1.165, 1.54) is 12.8 Å². The molecule has 1 unspecified atom stereocenters. The standard InChI is InChI=1S/C14H27N3O/c1-3-15-7-9-17(10-8-15)14(18)12-16-6-4-5-13(2)11-16/h13H,3-12H2,1-2H3. The Bertz CT molecular complexity index is 274. The molecule has 0 saturated carbocycles. The van der Waals surface area contributed by atoms with Gasteiger partial charge in [0.05, 0.1) is 6.54 Å². The number of carbonyl (C=O) groups is 1. The number of piperidine rings is 1. The maximum absolute atomic E-state index is 12.2. The smallest absolute Gasteiger partial charge is 0.236 e. The fourth-order valence-corrected chi connectivity index (χ4v) is 3.04. The number of piperazine rings is 1. The summed E-state index contributed by atoms with van der Waals surface area (Å²) in [6.45, 7) is 12.3. The highest BCUT2D eigenvalue weighted by Gasteiger charge is 2.24. The first kappa shape index (κ1) is 13.8. The minimum Gasteiger partial charge on any atom is -0.339 e. The van der Waals surface area contributed by atoms with Crippen molar-refractivity contribution in [2.75, 3.05) is 52.4 Å². The van der Waals surface area contributed by atoms with Crippen molar-refractivity contribution in [3.63, 3.8) is 0 Å². The second kappa shape index (κ2) is 6.53. The van der Waals surface area contributed by atoms with E-state index in [1.807, 2.05) is 4.90 Å². The van der Waals surface area contributed by atoms with Gasteiger partial charge < -0.3 is 9.80 Å². The lowest BCUT2D eigenvalue weighted by Gasteiger charge is -2.36. The second-order valence-electron chi connectivity index (χ2n) is 5.80. The van der Waals surface area contributed by atoms with Crippen molar-refractivity contribution in [1.29, 1.82) is 0 Å². The molecular formula is C14H27N3O. The van der Waals surface area contributed by atoms with Gasteiger partial charge in [0.1, 0.15) is 0 Å². The monoisotopic (exact) mass is 253 g/mol. The highest BCUT2D eigenvalue weighted by atomic mass is 16.2. The van der Waals surface area contributed by atoms with Crippen molar-refractivity contribution in [3.05, 3.63) is 0 Å². The summed E-state index contributed by atoms with van der Waals surface area (Å²) in [4.78, 5) is 19.0. The molecule has 2 fully saturated rings. The quantitative estimate of drug-likeness (QED) is 0.747. The van der Waals surface area contributed by atoms with Gasteiger partial charge in [-0.3, -0.25) is 9.69 Å². The molecule has 0 aromatic rings. The molecule has 1 amide bonds. The molecule has 0 radical (unpaired) electrons. The maximum atomic E-state index is 12.2. The Balaban J connectivity index is 1.74. The van der Waals surface area contributed by atoms with Crippen LogP contribution in [0.15, 0.2) is 0 Å². The van der Waals surface area contributed by atoms with Gasteiger partial charge in [0.25, 0.3) is 0 Å². The van der Waals surface area contributed by atoms with Crippen LogP contribution < -0.4 is 0 Å². The van der Waals surface area contributed by atoms with E-state index in [0.29, 0.717) is 12.5 Å². The predicted octanol–water partition coefficient (Wildman–Crippen LogP) is 0.882. The molecule has 2 aliphatic heterocycles. The maximum Gasteiger partial charge on any atom is 0.236 e. The highest BCUT2D eigenvalue weighted by molar-refractivity contribution is 5.78. The minimum atomic E-state index is 0.333. The molecule has 0 aliphatic carbocycles. The number of carbonyl (C=O) groups excluding carboxylic acids is 1. The van der Waals surface area contributed by atoms with E-state index in [2.05, 4.69) is 23.6 Å². The van der Waals surface area contributed by atoms with Gasteiger partial charge in [0, 0.05) is 32.7 Å². The van der Waals surface area contributed by atoms with Gasteiger partial charge in [-0.15, -0.1) is 0 Å². The fourth-order valence-electron chi connectivity index (χ4n) is 3.04. The van der Waals surface area contributed by atoms with Crippen molar-refractivity contribution in [2.24, 2.45) is 5.92 Å². The number of hydrogen-bond donors (Lipinski definition) is 0. The molecule has 4 nitrogen and oxygen atoms in total. The van der Waals surface area contributed by atoms with Crippen LogP contribution in [0, 0.1) is 5.92 Å². The van der Waals surface area contributed by atoms with Crippen LogP contribution >= 0.6 is 0 Å².